The molecule has 0 saturated carbocycles. The lowest BCUT2D eigenvalue weighted by atomic mass is 9.89. The van der Waals surface area contributed by atoms with Crippen LogP contribution in [0.25, 0.3) is 10.9 Å². The molecule has 0 saturated heterocycles. The lowest BCUT2D eigenvalue weighted by molar-refractivity contribution is 0.0952. The Hall–Kier alpha value is -3.93. The maximum absolute atomic E-state index is 13.1. The average molecular weight is 458 g/mol. The third kappa shape index (κ3) is 4.57. The number of hydrogen-bond acceptors (Lipinski definition) is 4. The first kappa shape index (κ1) is 23.2. The number of anilines is 1. The van der Waals surface area contributed by atoms with Crippen molar-refractivity contribution in [2.24, 2.45) is 0 Å². The summed E-state index contributed by atoms with van der Waals surface area (Å²) in [7, 11) is 5.30. The predicted molar refractivity (Wildman–Crippen MR) is 137 cm³/mol. The van der Waals surface area contributed by atoms with E-state index < -0.39 is 0 Å². The molecule has 176 valence electrons. The molecule has 1 unspecified atom stereocenters. The number of aromatic amines is 1. The standard InChI is InChI=1S/C28H31N3O3/c1-5-31(2)20-15-13-19(14-16-20)28(32)30-18-24(22-10-8-12-26(33-3)27(22)34-4)23-17-29-25-11-7-6-9-21(23)25/h6-17,24,29H,5,18H2,1-4H3,(H,30,32). The van der Waals surface area contributed by atoms with Crippen LogP contribution in [0, 0.1) is 0 Å². The highest BCUT2D eigenvalue weighted by molar-refractivity contribution is 5.94. The molecule has 1 aromatic heterocycles. The minimum absolute atomic E-state index is 0.114. The van der Waals surface area contributed by atoms with E-state index in [1.165, 1.54) is 0 Å². The molecule has 0 radical (unpaired) electrons. The number of para-hydroxylation sites is 2. The molecule has 6 nitrogen and oxygen atoms in total. The molecule has 2 N–H and O–H groups in total. The van der Waals surface area contributed by atoms with Gasteiger partial charge in [-0.1, -0.05) is 30.3 Å². The zero-order valence-electron chi connectivity index (χ0n) is 20.1. The number of benzene rings is 3. The molecule has 1 amide bonds. The first-order valence-electron chi connectivity index (χ1n) is 11.4. The van der Waals surface area contributed by atoms with Crippen LogP contribution < -0.4 is 19.7 Å². The summed E-state index contributed by atoms with van der Waals surface area (Å²) in [5.74, 6) is 1.07. The van der Waals surface area contributed by atoms with Gasteiger partial charge < -0.3 is 24.7 Å². The first-order chi connectivity index (χ1) is 16.6. The van der Waals surface area contributed by atoms with Crippen LogP contribution in [-0.2, 0) is 0 Å². The number of nitrogens with zero attached hydrogens (tertiary/aromatic N) is 1. The van der Waals surface area contributed by atoms with E-state index in [2.05, 4.69) is 28.2 Å². The quantitative estimate of drug-likeness (QED) is 0.362. The van der Waals surface area contributed by atoms with Gasteiger partial charge in [-0.3, -0.25) is 4.79 Å². The number of carbonyl (C=O) groups excluding carboxylic acids is 1. The summed E-state index contributed by atoms with van der Waals surface area (Å²) in [5.41, 5.74) is 4.79. The molecule has 4 rings (SSSR count). The Morgan fingerprint density at radius 3 is 2.44 bits per heavy atom. The van der Waals surface area contributed by atoms with Crippen LogP contribution in [0.5, 0.6) is 11.5 Å². The summed E-state index contributed by atoms with van der Waals surface area (Å²) in [4.78, 5) is 18.5. The highest BCUT2D eigenvalue weighted by Gasteiger charge is 2.24. The second kappa shape index (κ2) is 10.3. The zero-order valence-corrected chi connectivity index (χ0v) is 20.1. The summed E-state index contributed by atoms with van der Waals surface area (Å²) in [6.45, 7) is 3.40. The summed E-state index contributed by atoms with van der Waals surface area (Å²) in [6.07, 6.45) is 2.01. The molecule has 0 aliphatic heterocycles. The summed E-state index contributed by atoms with van der Waals surface area (Å²) in [5, 5.41) is 4.25. The van der Waals surface area contributed by atoms with Crippen LogP contribution in [0.3, 0.4) is 0 Å². The van der Waals surface area contributed by atoms with E-state index in [0.29, 0.717) is 23.6 Å². The van der Waals surface area contributed by atoms with Crippen molar-refractivity contribution in [1.29, 1.82) is 0 Å². The Kier molecular flexibility index (Phi) is 7.07. The van der Waals surface area contributed by atoms with Gasteiger partial charge in [0.25, 0.3) is 5.91 Å². The Morgan fingerprint density at radius 1 is 0.971 bits per heavy atom. The minimum atomic E-state index is -0.143. The Labute approximate surface area is 200 Å². The van der Waals surface area contributed by atoms with Crippen molar-refractivity contribution in [3.05, 3.63) is 89.6 Å². The summed E-state index contributed by atoms with van der Waals surface area (Å²) < 4.78 is 11.3. The Morgan fingerprint density at radius 2 is 1.74 bits per heavy atom. The molecule has 0 aliphatic carbocycles. The number of fused-ring (bicyclic) bond motifs is 1. The lowest BCUT2D eigenvalue weighted by Gasteiger charge is -2.22. The van der Waals surface area contributed by atoms with Gasteiger partial charge in [-0.05, 0) is 48.9 Å². The molecule has 34 heavy (non-hydrogen) atoms. The summed E-state index contributed by atoms with van der Waals surface area (Å²) >= 11 is 0. The van der Waals surface area contributed by atoms with Gasteiger partial charge in [0, 0.05) is 60.0 Å². The van der Waals surface area contributed by atoms with Gasteiger partial charge in [-0.15, -0.1) is 0 Å². The van der Waals surface area contributed by atoms with Crippen molar-refractivity contribution in [2.45, 2.75) is 12.8 Å². The van der Waals surface area contributed by atoms with E-state index in [4.69, 9.17) is 9.47 Å². The van der Waals surface area contributed by atoms with E-state index >= 15 is 0 Å². The smallest absolute Gasteiger partial charge is 0.251 e. The van der Waals surface area contributed by atoms with E-state index in [9.17, 15) is 4.79 Å². The molecule has 3 aromatic carbocycles. The number of carbonyl (C=O) groups is 1. The fraction of sp³-hybridized carbons (Fsp3) is 0.250. The van der Waals surface area contributed by atoms with Crippen LogP contribution in [0.4, 0.5) is 5.69 Å². The van der Waals surface area contributed by atoms with Crippen LogP contribution in [0.2, 0.25) is 0 Å². The maximum Gasteiger partial charge on any atom is 0.251 e. The van der Waals surface area contributed by atoms with Crippen molar-refractivity contribution in [1.82, 2.24) is 10.3 Å². The van der Waals surface area contributed by atoms with E-state index in [1.807, 2.05) is 73.9 Å². The van der Waals surface area contributed by atoms with Crippen molar-refractivity contribution in [3.63, 3.8) is 0 Å². The molecule has 6 heteroatoms. The molecule has 0 fully saturated rings. The second-order valence-electron chi connectivity index (χ2n) is 8.20. The Balaban J connectivity index is 1.67. The summed E-state index contributed by atoms with van der Waals surface area (Å²) in [6, 6.07) is 21.7. The lowest BCUT2D eigenvalue weighted by Crippen LogP contribution is -2.29. The first-order valence-corrected chi connectivity index (χ1v) is 11.4. The molecular weight excluding hydrogens is 426 g/mol. The van der Waals surface area contributed by atoms with Crippen LogP contribution in [-0.4, -0.2) is 45.2 Å². The monoisotopic (exact) mass is 457 g/mol. The number of methoxy groups -OCH3 is 2. The molecule has 0 aliphatic rings. The van der Waals surface area contributed by atoms with Gasteiger partial charge >= 0.3 is 0 Å². The second-order valence-corrected chi connectivity index (χ2v) is 8.20. The highest BCUT2D eigenvalue weighted by Crippen LogP contribution is 2.40. The van der Waals surface area contributed by atoms with Crippen molar-refractivity contribution >= 4 is 22.5 Å². The van der Waals surface area contributed by atoms with Gasteiger partial charge in [0.1, 0.15) is 0 Å². The minimum Gasteiger partial charge on any atom is -0.493 e. The highest BCUT2D eigenvalue weighted by atomic mass is 16.5. The van der Waals surface area contributed by atoms with Crippen LogP contribution in [0.1, 0.15) is 34.3 Å². The molecular formula is C28H31N3O3. The topological polar surface area (TPSA) is 66.6 Å². The fourth-order valence-corrected chi connectivity index (χ4v) is 4.30. The molecule has 0 bridgehead atoms. The van der Waals surface area contributed by atoms with Gasteiger partial charge in [0.2, 0.25) is 0 Å². The number of hydrogen-bond donors (Lipinski definition) is 2. The van der Waals surface area contributed by atoms with Gasteiger partial charge in [-0.25, -0.2) is 0 Å². The molecule has 1 heterocycles. The fourth-order valence-electron chi connectivity index (χ4n) is 4.30. The predicted octanol–water partition coefficient (Wildman–Crippen LogP) is 5.20. The number of rotatable bonds is 9. The maximum atomic E-state index is 13.1. The third-order valence-electron chi connectivity index (χ3n) is 6.32. The number of ether oxygens (including phenoxy) is 2. The van der Waals surface area contributed by atoms with Gasteiger partial charge in [-0.2, -0.15) is 0 Å². The van der Waals surface area contributed by atoms with Gasteiger partial charge in [0.15, 0.2) is 11.5 Å². The third-order valence-corrected chi connectivity index (χ3v) is 6.32. The largest absolute Gasteiger partial charge is 0.493 e. The number of amides is 1. The van der Waals surface area contributed by atoms with E-state index in [-0.39, 0.29) is 11.8 Å². The normalized spacial score (nSPS) is 11.8. The number of aromatic nitrogens is 1. The zero-order chi connectivity index (χ0) is 24.1. The number of nitrogens with one attached hydrogen (secondary N) is 2. The molecule has 4 aromatic rings. The van der Waals surface area contributed by atoms with Gasteiger partial charge in [0.05, 0.1) is 14.2 Å². The van der Waals surface area contributed by atoms with Crippen molar-refractivity contribution < 1.29 is 14.3 Å². The SMILES string of the molecule is CCN(C)c1ccc(C(=O)NCC(c2cccc(OC)c2OC)c2c[nH]c3ccccc23)cc1. The van der Waals surface area contributed by atoms with Crippen LogP contribution in [0.15, 0.2) is 72.9 Å². The van der Waals surface area contributed by atoms with Crippen molar-refractivity contribution in [3.8, 4) is 11.5 Å². The molecule has 1 atom stereocenters. The Bertz CT molecular complexity index is 1260. The van der Waals surface area contributed by atoms with Crippen molar-refractivity contribution in [2.75, 3.05) is 39.3 Å². The average Bonchev–Trinajstić information content (AvgIpc) is 3.32. The van der Waals surface area contributed by atoms with Crippen LogP contribution >= 0.6 is 0 Å². The molecule has 0 spiro atoms. The van der Waals surface area contributed by atoms with E-state index in [0.717, 1.165) is 34.3 Å². The number of H-pyrrole nitrogens is 1. The van der Waals surface area contributed by atoms with E-state index in [1.54, 1.807) is 14.2 Å².